The number of rotatable bonds is 4. The fourth-order valence-corrected chi connectivity index (χ4v) is 0.401. The van der Waals surface area contributed by atoms with Gasteiger partial charge in [0.15, 0.2) is 0 Å². The summed E-state index contributed by atoms with van der Waals surface area (Å²) in [5.41, 5.74) is 0. The number of hydrogen-bond acceptors (Lipinski definition) is 2. The van der Waals surface area contributed by atoms with Gasteiger partial charge in [0.1, 0.15) is 0 Å². The first-order valence-electron chi connectivity index (χ1n) is 3.28. The van der Waals surface area contributed by atoms with Crippen molar-refractivity contribution >= 4 is 6.09 Å². The lowest BCUT2D eigenvalue weighted by Crippen LogP contribution is -2.25. The van der Waals surface area contributed by atoms with Gasteiger partial charge in [-0.1, -0.05) is 13.3 Å². The third-order valence-corrected chi connectivity index (χ3v) is 1.05. The summed E-state index contributed by atoms with van der Waals surface area (Å²) in [7, 11) is 1.37. The van der Waals surface area contributed by atoms with Gasteiger partial charge in [-0.05, 0) is 6.42 Å². The molecule has 1 N–H and O–H groups in total. The van der Waals surface area contributed by atoms with E-state index in [2.05, 4.69) is 0 Å². The molecular weight excluding hydrogens is 134 g/mol. The Morgan fingerprint density at radius 2 is 2.30 bits per heavy atom. The normalized spacial score (nSPS) is 9.40. The lowest BCUT2D eigenvalue weighted by molar-refractivity contribution is -0.113. The molecule has 0 radical (unpaired) electrons. The molecule has 0 aromatic heterocycles. The molecule has 60 valence electrons. The van der Waals surface area contributed by atoms with Gasteiger partial charge in [-0.3, -0.25) is 4.84 Å². The molecule has 0 bridgehead atoms. The molecule has 0 heterocycles. The van der Waals surface area contributed by atoms with Crippen LogP contribution in [0.15, 0.2) is 0 Å². The molecule has 0 saturated heterocycles. The van der Waals surface area contributed by atoms with Crippen molar-refractivity contribution in [3.63, 3.8) is 0 Å². The molecule has 0 aromatic rings. The van der Waals surface area contributed by atoms with Crippen molar-refractivity contribution in [1.82, 2.24) is 5.06 Å². The quantitative estimate of drug-likeness (QED) is 0.482. The number of amides is 1. The molecule has 0 atom stereocenters. The highest BCUT2D eigenvalue weighted by atomic mass is 16.7. The summed E-state index contributed by atoms with van der Waals surface area (Å²) >= 11 is 0. The third-order valence-electron chi connectivity index (χ3n) is 1.05. The average molecular weight is 147 g/mol. The van der Waals surface area contributed by atoms with Gasteiger partial charge in [0.05, 0.1) is 6.61 Å². The van der Waals surface area contributed by atoms with Gasteiger partial charge in [0, 0.05) is 7.05 Å². The van der Waals surface area contributed by atoms with Crippen molar-refractivity contribution in [2.45, 2.75) is 19.8 Å². The second kappa shape index (κ2) is 5.05. The van der Waals surface area contributed by atoms with E-state index < -0.39 is 6.09 Å². The molecule has 0 aromatic carbocycles. The molecule has 0 aliphatic carbocycles. The summed E-state index contributed by atoms with van der Waals surface area (Å²) in [6.45, 7) is 2.49. The van der Waals surface area contributed by atoms with Crippen LogP contribution in [0.1, 0.15) is 19.8 Å². The maximum atomic E-state index is 10.1. The highest BCUT2D eigenvalue weighted by molar-refractivity contribution is 5.62. The Bertz CT molecular complexity index is 105. The van der Waals surface area contributed by atoms with Crippen LogP contribution in [0.5, 0.6) is 0 Å². The standard InChI is InChI=1S/C6H13NO3/c1-3-4-5-10-7(2)6(8)9/h3-5H2,1-2H3,(H,8,9). The lowest BCUT2D eigenvalue weighted by Gasteiger charge is -2.11. The van der Waals surface area contributed by atoms with E-state index in [4.69, 9.17) is 9.94 Å². The SMILES string of the molecule is CCCCON(C)C(=O)O. The minimum Gasteiger partial charge on any atom is -0.463 e. The topological polar surface area (TPSA) is 49.8 Å². The van der Waals surface area contributed by atoms with Gasteiger partial charge in [0.2, 0.25) is 0 Å². The van der Waals surface area contributed by atoms with Gasteiger partial charge < -0.3 is 5.11 Å². The van der Waals surface area contributed by atoms with Crippen molar-refractivity contribution in [1.29, 1.82) is 0 Å². The third kappa shape index (κ3) is 4.14. The lowest BCUT2D eigenvalue weighted by atomic mass is 10.4. The van der Waals surface area contributed by atoms with Crippen LogP contribution in [0, 0.1) is 0 Å². The monoisotopic (exact) mass is 147 g/mol. The smallest absolute Gasteiger partial charge is 0.431 e. The van der Waals surface area contributed by atoms with E-state index in [0.29, 0.717) is 6.61 Å². The van der Waals surface area contributed by atoms with Crippen molar-refractivity contribution in [3.05, 3.63) is 0 Å². The molecular formula is C6H13NO3. The van der Waals surface area contributed by atoms with Gasteiger partial charge in [-0.25, -0.2) is 4.79 Å². The van der Waals surface area contributed by atoms with E-state index in [1.165, 1.54) is 7.05 Å². The summed E-state index contributed by atoms with van der Waals surface area (Å²) in [6, 6.07) is 0. The Morgan fingerprint density at radius 3 is 2.70 bits per heavy atom. The maximum absolute atomic E-state index is 10.1. The van der Waals surface area contributed by atoms with Crippen molar-refractivity contribution in [3.8, 4) is 0 Å². The number of carbonyl (C=O) groups is 1. The molecule has 0 spiro atoms. The number of hydrogen-bond donors (Lipinski definition) is 1. The van der Waals surface area contributed by atoms with Crippen molar-refractivity contribution < 1.29 is 14.7 Å². The van der Waals surface area contributed by atoms with E-state index in [1.807, 2.05) is 6.92 Å². The summed E-state index contributed by atoms with van der Waals surface area (Å²) in [4.78, 5) is 14.9. The molecule has 0 aliphatic rings. The van der Waals surface area contributed by atoms with Crippen LogP contribution in [0.2, 0.25) is 0 Å². The number of nitrogens with zero attached hydrogens (tertiary/aromatic N) is 1. The molecule has 0 rings (SSSR count). The van der Waals surface area contributed by atoms with Gasteiger partial charge in [-0.15, -0.1) is 0 Å². The van der Waals surface area contributed by atoms with E-state index in [-0.39, 0.29) is 0 Å². The van der Waals surface area contributed by atoms with Crippen LogP contribution in [0.4, 0.5) is 4.79 Å². The molecule has 0 aliphatic heterocycles. The molecule has 0 saturated carbocycles. The average Bonchev–Trinajstić information content (AvgIpc) is 1.88. The highest BCUT2D eigenvalue weighted by Gasteiger charge is 2.03. The molecule has 1 amide bonds. The Hall–Kier alpha value is -0.770. The van der Waals surface area contributed by atoms with E-state index in [0.717, 1.165) is 17.9 Å². The molecule has 10 heavy (non-hydrogen) atoms. The van der Waals surface area contributed by atoms with E-state index >= 15 is 0 Å². The van der Waals surface area contributed by atoms with E-state index in [9.17, 15) is 4.79 Å². The minimum absolute atomic E-state index is 0.472. The number of carboxylic acid groups (broad SMARTS) is 1. The molecule has 0 unspecified atom stereocenters. The van der Waals surface area contributed by atoms with Gasteiger partial charge in [-0.2, -0.15) is 5.06 Å². The Morgan fingerprint density at radius 1 is 1.70 bits per heavy atom. The van der Waals surface area contributed by atoms with E-state index in [1.54, 1.807) is 0 Å². The first-order valence-corrected chi connectivity index (χ1v) is 3.28. The van der Waals surface area contributed by atoms with Crippen LogP contribution in [0.3, 0.4) is 0 Å². The molecule has 0 fully saturated rings. The first-order chi connectivity index (χ1) is 4.68. The van der Waals surface area contributed by atoms with Crippen LogP contribution < -0.4 is 0 Å². The number of unbranched alkanes of at least 4 members (excludes halogenated alkanes) is 1. The molecule has 4 heteroatoms. The summed E-state index contributed by atoms with van der Waals surface area (Å²) in [5, 5.41) is 9.10. The van der Waals surface area contributed by atoms with Crippen LogP contribution in [-0.4, -0.2) is 29.9 Å². The summed E-state index contributed by atoms with van der Waals surface area (Å²) in [5.74, 6) is 0. The minimum atomic E-state index is -1.06. The Labute approximate surface area is 60.3 Å². The zero-order chi connectivity index (χ0) is 7.98. The van der Waals surface area contributed by atoms with Gasteiger partial charge in [0.25, 0.3) is 0 Å². The van der Waals surface area contributed by atoms with Crippen molar-refractivity contribution in [2.75, 3.05) is 13.7 Å². The predicted octanol–water partition coefficient (Wildman–Crippen LogP) is 1.33. The maximum Gasteiger partial charge on any atom is 0.431 e. The van der Waals surface area contributed by atoms with Crippen LogP contribution >= 0.6 is 0 Å². The highest BCUT2D eigenvalue weighted by Crippen LogP contribution is 1.91. The van der Waals surface area contributed by atoms with Crippen LogP contribution in [0.25, 0.3) is 0 Å². The summed E-state index contributed by atoms with van der Waals surface area (Å²) in [6.07, 6.45) is 0.835. The Balaban J connectivity index is 3.21. The van der Waals surface area contributed by atoms with Gasteiger partial charge >= 0.3 is 6.09 Å². The second-order valence-corrected chi connectivity index (χ2v) is 1.97. The summed E-state index contributed by atoms with van der Waals surface area (Å²) < 4.78 is 0. The number of hydroxylamine groups is 2. The second-order valence-electron chi connectivity index (χ2n) is 1.97. The van der Waals surface area contributed by atoms with Crippen LogP contribution in [-0.2, 0) is 4.84 Å². The zero-order valence-corrected chi connectivity index (χ0v) is 6.33. The zero-order valence-electron chi connectivity index (χ0n) is 6.33. The van der Waals surface area contributed by atoms with Crippen molar-refractivity contribution in [2.24, 2.45) is 0 Å². The fourth-order valence-electron chi connectivity index (χ4n) is 0.401. The predicted molar refractivity (Wildman–Crippen MR) is 36.6 cm³/mol. The first kappa shape index (κ1) is 9.23. The fraction of sp³-hybridized carbons (Fsp3) is 0.833. The molecule has 4 nitrogen and oxygen atoms in total. The largest absolute Gasteiger partial charge is 0.463 e. The Kier molecular flexibility index (Phi) is 4.66.